The molecule has 30 heavy (non-hydrogen) atoms. The molecule has 0 atom stereocenters. The second-order valence-electron chi connectivity index (χ2n) is 6.72. The first-order valence-electron chi connectivity index (χ1n) is 9.41. The van der Waals surface area contributed by atoms with E-state index < -0.39 is 9.84 Å². The van der Waals surface area contributed by atoms with Crippen LogP contribution in [0.2, 0.25) is 0 Å². The molecule has 0 aliphatic heterocycles. The van der Waals surface area contributed by atoms with Crippen LogP contribution in [0.5, 0.6) is 0 Å². The van der Waals surface area contributed by atoms with E-state index in [9.17, 15) is 13.2 Å². The predicted octanol–water partition coefficient (Wildman–Crippen LogP) is 2.10. The SMILES string of the molecule is CCCn1cc(S(=O)(=O)c2ccc(CNC(=O)c3ccc4nccn4c3)nc2)cn1. The zero-order chi connectivity index (χ0) is 21.1. The van der Waals surface area contributed by atoms with Crippen molar-refractivity contribution in [2.75, 3.05) is 0 Å². The smallest absolute Gasteiger partial charge is 0.253 e. The summed E-state index contributed by atoms with van der Waals surface area (Å²) < 4.78 is 28.8. The van der Waals surface area contributed by atoms with Gasteiger partial charge in [0.1, 0.15) is 10.5 Å². The van der Waals surface area contributed by atoms with Crippen LogP contribution in [0, 0.1) is 0 Å². The molecule has 0 unspecified atom stereocenters. The number of aryl methyl sites for hydroxylation is 1. The molecule has 0 saturated heterocycles. The largest absolute Gasteiger partial charge is 0.346 e. The number of nitrogens with zero attached hydrogens (tertiary/aromatic N) is 5. The Morgan fingerprint density at radius 2 is 1.93 bits per heavy atom. The lowest BCUT2D eigenvalue weighted by Gasteiger charge is -2.07. The molecule has 9 nitrogen and oxygen atoms in total. The summed E-state index contributed by atoms with van der Waals surface area (Å²) in [4.78, 5) is 20.9. The molecule has 154 valence electrons. The summed E-state index contributed by atoms with van der Waals surface area (Å²) in [5.41, 5.74) is 1.79. The number of sulfone groups is 1. The van der Waals surface area contributed by atoms with Crippen LogP contribution in [0.25, 0.3) is 5.65 Å². The number of hydrogen-bond acceptors (Lipinski definition) is 6. The minimum absolute atomic E-state index is 0.0826. The first-order valence-corrected chi connectivity index (χ1v) is 10.9. The number of hydrogen-bond donors (Lipinski definition) is 1. The minimum Gasteiger partial charge on any atom is -0.346 e. The Balaban J connectivity index is 1.43. The number of nitrogens with one attached hydrogen (secondary N) is 1. The maximum absolute atomic E-state index is 12.7. The predicted molar refractivity (Wildman–Crippen MR) is 109 cm³/mol. The Labute approximate surface area is 173 Å². The summed E-state index contributed by atoms with van der Waals surface area (Å²) in [6.07, 6.45) is 10.1. The maximum Gasteiger partial charge on any atom is 0.253 e. The Hall–Kier alpha value is -3.53. The highest BCUT2D eigenvalue weighted by Crippen LogP contribution is 2.19. The second kappa shape index (κ2) is 8.07. The van der Waals surface area contributed by atoms with Gasteiger partial charge in [-0.2, -0.15) is 5.10 Å². The van der Waals surface area contributed by atoms with Crippen LogP contribution in [0.3, 0.4) is 0 Å². The highest BCUT2D eigenvalue weighted by Gasteiger charge is 2.20. The van der Waals surface area contributed by atoms with Gasteiger partial charge in [-0.25, -0.2) is 13.4 Å². The molecule has 4 heterocycles. The average Bonchev–Trinajstić information content (AvgIpc) is 3.42. The van der Waals surface area contributed by atoms with Gasteiger partial charge in [-0.15, -0.1) is 0 Å². The van der Waals surface area contributed by atoms with Gasteiger partial charge in [0, 0.05) is 37.5 Å². The molecule has 1 N–H and O–H groups in total. The van der Waals surface area contributed by atoms with E-state index in [0.717, 1.165) is 12.1 Å². The van der Waals surface area contributed by atoms with E-state index in [1.165, 1.54) is 24.7 Å². The molecule has 0 aromatic carbocycles. The number of aromatic nitrogens is 5. The summed E-state index contributed by atoms with van der Waals surface area (Å²) in [5, 5.41) is 6.85. The van der Waals surface area contributed by atoms with Crippen molar-refractivity contribution < 1.29 is 13.2 Å². The minimum atomic E-state index is -3.68. The fourth-order valence-electron chi connectivity index (χ4n) is 2.97. The first kappa shape index (κ1) is 19.8. The number of imidazole rings is 1. The molecule has 4 aromatic heterocycles. The quantitative estimate of drug-likeness (QED) is 0.486. The van der Waals surface area contributed by atoms with E-state index in [4.69, 9.17) is 0 Å². The van der Waals surface area contributed by atoms with Gasteiger partial charge in [-0.3, -0.25) is 14.5 Å². The fraction of sp³-hybridized carbons (Fsp3) is 0.200. The van der Waals surface area contributed by atoms with E-state index >= 15 is 0 Å². The standard InChI is InChI=1S/C20H20N6O3S/c1-2-8-26-14-18(12-24-26)30(28,29)17-5-4-16(22-11-17)10-23-20(27)15-3-6-19-21-7-9-25(19)13-15/h3-7,9,11-14H,2,8,10H2,1H3,(H,23,27). The topological polar surface area (TPSA) is 111 Å². The lowest BCUT2D eigenvalue weighted by atomic mass is 10.2. The van der Waals surface area contributed by atoms with Crippen LogP contribution < -0.4 is 5.32 Å². The Bertz CT molecular complexity index is 1290. The van der Waals surface area contributed by atoms with E-state index in [-0.39, 0.29) is 22.2 Å². The van der Waals surface area contributed by atoms with E-state index in [2.05, 4.69) is 20.4 Å². The lowest BCUT2D eigenvalue weighted by molar-refractivity contribution is 0.0950. The molecule has 1 amide bonds. The molecule has 0 saturated carbocycles. The number of amides is 1. The molecule has 0 aliphatic carbocycles. The Morgan fingerprint density at radius 1 is 1.07 bits per heavy atom. The molecule has 0 spiro atoms. The Morgan fingerprint density at radius 3 is 2.70 bits per heavy atom. The number of rotatable bonds is 7. The number of pyridine rings is 2. The third-order valence-corrected chi connectivity index (χ3v) is 6.25. The molecular weight excluding hydrogens is 404 g/mol. The van der Waals surface area contributed by atoms with E-state index in [1.807, 2.05) is 6.92 Å². The molecule has 4 aromatic rings. The fourth-order valence-corrected chi connectivity index (χ4v) is 4.13. The zero-order valence-corrected chi connectivity index (χ0v) is 17.1. The molecule has 4 rings (SSSR count). The van der Waals surface area contributed by atoms with E-state index in [1.54, 1.807) is 45.9 Å². The van der Waals surface area contributed by atoms with Crippen LogP contribution in [0.1, 0.15) is 29.4 Å². The third kappa shape index (κ3) is 3.94. The maximum atomic E-state index is 12.7. The number of carbonyl (C=O) groups excluding carboxylic acids is 1. The van der Waals surface area contributed by atoms with Crippen LogP contribution in [0.4, 0.5) is 0 Å². The first-order chi connectivity index (χ1) is 14.5. The van der Waals surface area contributed by atoms with Crippen molar-refractivity contribution >= 4 is 21.4 Å². The molecule has 0 aliphatic rings. The molecular formula is C20H20N6O3S. The average molecular weight is 424 g/mol. The molecule has 10 heteroatoms. The summed E-state index contributed by atoms with van der Waals surface area (Å²) in [5.74, 6) is -0.257. The van der Waals surface area contributed by atoms with Crippen molar-refractivity contribution in [2.45, 2.75) is 36.2 Å². The van der Waals surface area contributed by atoms with Gasteiger partial charge >= 0.3 is 0 Å². The van der Waals surface area contributed by atoms with Crippen LogP contribution in [-0.2, 0) is 22.9 Å². The monoisotopic (exact) mass is 424 g/mol. The number of carbonyl (C=O) groups is 1. The van der Waals surface area contributed by atoms with Crippen molar-refractivity contribution in [1.29, 1.82) is 0 Å². The summed E-state index contributed by atoms with van der Waals surface area (Å²) in [6, 6.07) is 6.52. The van der Waals surface area contributed by atoms with Crippen molar-refractivity contribution in [2.24, 2.45) is 0 Å². The lowest BCUT2D eigenvalue weighted by Crippen LogP contribution is -2.23. The van der Waals surface area contributed by atoms with Crippen molar-refractivity contribution in [3.05, 3.63) is 72.7 Å². The second-order valence-corrected chi connectivity index (χ2v) is 8.67. The van der Waals surface area contributed by atoms with Gasteiger partial charge in [0.2, 0.25) is 9.84 Å². The Kier molecular flexibility index (Phi) is 5.32. The molecule has 0 bridgehead atoms. The summed E-state index contributed by atoms with van der Waals surface area (Å²) >= 11 is 0. The number of fused-ring (bicyclic) bond motifs is 1. The van der Waals surface area contributed by atoms with Gasteiger partial charge in [-0.1, -0.05) is 6.92 Å². The van der Waals surface area contributed by atoms with Gasteiger partial charge in [0.25, 0.3) is 5.91 Å². The molecule has 0 radical (unpaired) electrons. The highest BCUT2D eigenvalue weighted by molar-refractivity contribution is 7.91. The highest BCUT2D eigenvalue weighted by atomic mass is 32.2. The van der Waals surface area contributed by atoms with E-state index in [0.29, 0.717) is 17.8 Å². The van der Waals surface area contributed by atoms with Crippen LogP contribution in [-0.4, -0.2) is 38.5 Å². The summed E-state index contributed by atoms with van der Waals surface area (Å²) in [7, 11) is -3.68. The molecule has 0 fully saturated rings. The van der Waals surface area contributed by atoms with Crippen molar-refractivity contribution in [3.63, 3.8) is 0 Å². The summed E-state index contributed by atoms with van der Waals surface area (Å²) in [6.45, 7) is 2.82. The van der Waals surface area contributed by atoms with Gasteiger partial charge < -0.3 is 9.72 Å². The zero-order valence-electron chi connectivity index (χ0n) is 16.3. The van der Waals surface area contributed by atoms with Gasteiger partial charge in [0.05, 0.1) is 28.9 Å². The third-order valence-electron chi connectivity index (χ3n) is 4.56. The van der Waals surface area contributed by atoms with Crippen LogP contribution in [0.15, 0.2) is 71.2 Å². The van der Waals surface area contributed by atoms with Crippen molar-refractivity contribution in [1.82, 2.24) is 29.5 Å². The van der Waals surface area contributed by atoms with Gasteiger partial charge in [0.15, 0.2) is 0 Å². The van der Waals surface area contributed by atoms with Crippen molar-refractivity contribution in [3.8, 4) is 0 Å². The van der Waals surface area contributed by atoms with Crippen LogP contribution >= 0.6 is 0 Å². The normalized spacial score (nSPS) is 11.6. The van der Waals surface area contributed by atoms with Gasteiger partial charge in [-0.05, 0) is 30.7 Å².